The third kappa shape index (κ3) is 2.60. The van der Waals surface area contributed by atoms with Crippen molar-refractivity contribution in [2.75, 3.05) is 12.4 Å². The van der Waals surface area contributed by atoms with Crippen molar-refractivity contribution in [3.8, 4) is 11.8 Å². The van der Waals surface area contributed by atoms with Crippen molar-refractivity contribution in [2.24, 2.45) is 0 Å². The summed E-state index contributed by atoms with van der Waals surface area (Å²) >= 11 is 1.57. The summed E-state index contributed by atoms with van der Waals surface area (Å²) in [6.07, 6.45) is 0. The summed E-state index contributed by atoms with van der Waals surface area (Å²) in [4.78, 5) is 4.26. The number of aromatic nitrogens is 1. The van der Waals surface area contributed by atoms with Gasteiger partial charge in [-0.2, -0.15) is 5.26 Å². The number of nitrogens with zero attached hydrogens (tertiary/aromatic N) is 2. The predicted octanol–water partition coefficient (Wildman–Crippen LogP) is 3.20. The van der Waals surface area contributed by atoms with E-state index >= 15 is 0 Å². The number of anilines is 1. The Morgan fingerprint density at radius 1 is 1.50 bits per heavy atom. The van der Waals surface area contributed by atoms with Crippen molar-refractivity contribution >= 4 is 17.0 Å². The predicted molar refractivity (Wildman–Crippen MR) is 71.9 cm³/mol. The maximum atomic E-state index is 8.85. The molecule has 1 unspecified atom stereocenters. The second-order valence-corrected chi connectivity index (χ2v) is 4.52. The zero-order chi connectivity index (χ0) is 13.0. The van der Waals surface area contributed by atoms with Crippen LogP contribution >= 0.6 is 11.3 Å². The van der Waals surface area contributed by atoms with E-state index in [4.69, 9.17) is 10.00 Å². The number of nitrogens with one attached hydrogen (secondary N) is 1. The summed E-state index contributed by atoms with van der Waals surface area (Å²) in [5, 5.41) is 14.2. The van der Waals surface area contributed by atoms with Crippen LogP contribution in [0.25, 0.3) is 0 Å². The Labute approximate surface area is 110 Å². The molecule has 1 atom stereocenters. The molecule has 92 valence electrons. The molecule has 1 aromatic heterocycles. The minimum Gasteiger partial charge on any atom is -0.495 e. The molecule has 0 aliphatic heterocycles. The van der Waals surface area contributed by atoms with Crippen molar-refractivity contribution in [3.63, 3.8) is 0 Å². The number of nitriles is 1. The van der Waals surface area contributed by atoms with Gasteiger partial charge in [0.25, 0.3) is 0 Å². The highest BCUT2D eigenvalue weighted by Crippen LogP contribution is 2.28. The normalized spacial score (nSPS) is 11.6. The second-order valence-electron chi connectivity index (χ2n) is 3.81. The van der Waals surface area contributed by atoms with Crippen molar-refractivity contribution in [2.45, 2.75) is 13.0 Å². The van der Waals surface area contributed by atoms with E-state index in [1.54, 1.807) is 30.6 Å². The average molecular weight is 259 g/mol. The van der Waals surface area contributed by atoms with Gasteiger partial charge >= 0.3 is 0 Å². The van der Waals surface area contributed by atoms with Gasteiger partial charge in [-0.1, -0.05) is 0 Å². The highest BCUT2D eigenvalue weighted by atomic mass is 32.1. The molecule has 5 heteroatoms. The molecule has 2 rings (SSSR count). The summed E-state index contributed by atoms with van der Waals surface area (Å²) < 4.78 is 5.27. The Kier molecular flexibility index (Phi) is 3.80. The van der Waals surface area contributed by atoms with E-state index in [-0.39, 0.29) is 6.04 Å². The number of benzene rings is 1. The minimum atomic E-state index is 0.0954. The smallest absolute Gasteiger partial charge is 0.143 e. The summed E-state index contributed by atoms with van der Waals surface area (Å²) in [5.74, 6) is 0.663. The van der Waals surface area contributed by atoms with Crippen LogP contribution in [0, 0.1) is 11.3 Å². The molecule has 18 heavy (non-hydrogen) atoms. The molecular formula is C13H13N3OS. The van der Waals surface area contributed by atoms with Crippen LogP contribution in [0.5, 0.6) is 5.75 Å². The Hall–Kier alpha value is -2.06. The van der Waals surface area contributed by atoms with Crippen LogP contribution in [-0.4, -0.2) is 12.1 Å². The number of hydrogen-bond donors (Lipinski definition) is 1. The summed E-state index contributed by atoms with van der Waals surface area (Å²) in [5.41, 5.74) is 4.24. The first-order valence-electron chi connectivity index (χ1n) is 5.47. The first kappa shape index (κ1) is 12.4. The highest BCUT2D eigenvalue weighted by Gasteiger charge is 2.10. The van der Waals surface area contributed by atoms with Crippen molar-refractivity contribution in [3.05, 3.63) is 40.3 Å². The molecule has 1 heterocycles. The van der Waals surface area contributed by atoms with E-state index < -0.39 is 0 Å². The fourth-order valence-corrected chi connectivity index (χ4v) is 2.27. The minimum absolute atomic E-state index is 0.0954. The van der Waals surface area contributed by atoms with E-state index in [0.717, 1.165) is 11.4 Å². The van der Waals surface area contributed by atoms with Gasteiger partial charge in [-0.15, -0.1) is 11.3 Å². The van der Waals surface area contributed by atoms with Gasteiger partial charge in [0.2, 0.25) is 0 Å². The molecule has 4 nitrogen and oxygen atoms in total. The monoisotopic (exact) mass is 259 g/mol. The Bertz CT molecular complexity index is 560. The van der Waals surface area contributed by atoms with Gasteiger partial charge in [0.05, 0.1) is 41.7 Å². The third-order valence-electron chi connectivity index (χ3n) is 2.60. The van der Waals surface area contributed by atoms with Crippen LogP contribution in [0.2, 0.25) is 0 Å². The Balaban J connectivity index is 2.21. The Morgan fingerprint density at radius 2 is 2.33 bits per heavy atom. The number of ether oxygens (including phenoxy) is 1. The molecule has 0 saturated carbocycles. The maximum absolute atomic E-state index is 8.85. The van der Waals surface area contributed by atoms with Gasteiger partial charge in [-0.25, -0.2) is 4.98 Å². The Morgan fingerprint density at radius 3 is 2.94 bits per heavy atom. The number of hydrogen-bond acceptors (Lipinski definition) is 5. The lowest BCUT2D eigenvalue weighted by atomic mass is 10.1. The molecule has 1 aromatic carbocycles. The fraction of sp³-hybridized carbons (Fsp3) is 0.231. The summed E-state index contributed by atoms with van der Waals surface area (Å²) in [6, 6.07) is 7.52. The van der Waals surface area contributed by atoms with Gasteiger partial charge in [0, 0.05) is 11.4 Å². The SMILES string of the molecule is COc1cc(C#N)ccc1NC(C)c1cscn1. The van der Waals surface area contributed by atoms with Crippen molar-refractivity contribution < 1.29 is 4.74 Å². The topological polar surface area (TPSA) is 57.9 Å². The zero-order valence-electron chi connectivity index (χ0n) is 10.2. The molecule has 0 amide bonds. The second kappa shape index (κ2) is 5.52. The molecule has 0 radical (unpaired) electrons. The van der Waals surface area contributed by atoms with Crippen LogP contribution in [0.1, 0.15) is 24.2 Å². The molecule has 1 N–H and O–H groups in total. The van der Waals surface area contributed by atoms with Gasteiger partial charge in [-0.3, -0.25) is 0 Å². The molecular weight excluding hydrogens is 246 g/mol. The number of rotatable bonds is 4. The third-order valence-corrected chi connectivity index (χ3v) is 3.20. The van der Waals surface area contributed by atoms with Crippen LogP contribution in [0.3, 0.4) is 0 Å². The largest absolute Gasteiger partial charge is 0.495 e. The van der Waals surface area contributed by atoms with Crippen LogP contribution in [0.4, 0.5) is 5.69 Å². The molecule has 0 bridgehead atoms. The van der Waals surface area contributed by atoms with E-state index in [9.17, 15) is 0 Å². The van der Waals surface area contributed by atoms with Crippen LogP contribution in [-0.2, 0) is 0 Å². The van der Waals surface area contributed by atoms with Crippen LogP contribution in [0.15, 0.2) is 29.1 Å². The molecule has 2 aromatic rings. The lowest BCUT2D eigenvalue weighted by Gasteiger charge is -2.16. The van der Waals surface area contributed by atoms with E-state index in [2.05, 4.69) is 16.4 Å². The molecule has 0 fully saturated rings. The quantitative estimate of drug-likeness (QED) is 0.916. The molecule has 0 aliphatic rings. The maximum Gasteiger partial charge on any atom is 0.143 e. The first-order chi connectivity index (χ1) is 8.74. The van der Waals surface area contributed by atoms with Crippen molar-refractivity contribution in [1.29, 1.82) is 5.26 Å². The lowest BCUT2D eigenvalue weighted by Crippen LogP contribution is -2.08. The molecule has 0 aliphatic carbocycles. The average Bonchev–Trinajstić information content (AvgIpc) is 2.93. The van der Waals surface area contributed by atoms with Gasteiger partial charge in [-0.05, 0) is 19.1 Å². The standard InChI is InChI=1S/C13H13N3OS/c1-9(12-7-18-8-15-12)16-11-4-3-10(6-14)5-13(11)17-2/h3-5,7-9,16H,1-2H3. The lowest BCUT2D eigenvalue weighted by molar-refractivity contribution is 0.416. The van der Waals surface area contributed by atoms with Gasteiger partial charge < -0.3 is 10.1 Å². The van der Waals surface area contributed by atoms with E-state index in [0.29, 0.717) is 11.3 Å². The first-order valence-corrected chi connectivity index (χ1v) is 6.41. The van der Waals surface area contributed by atoms with Gasteiger partial charge in [0.15, 0.2) is 0 Å². The summed E-state index contributed by atoms with van der Waals surface area (Å²) in [6.45, 7) is 2.03. The van der Waals surface area contributed by atoms with Crippen LogP contribution < -0.4 is 10.1 Å². The van der Waals surface area contributed by atoms with Gasteiger partial charge in [0.1, 0.15) is 5.75 Å². The zero-order valence-corrected chi connectivity index (χ0v) is 11.0. The van der Waals surface area contributed by atoms with E-state index in [1.165, 1.54) is 0 Å². The molecule has 0 saturated heterocycles. The highest BCUT2D eigenvalue weighted by molar-refractivity contribution is 7.07. The molecule has 0 spiro atoms. The number of methoxy groups -OCH3 is 1. The summed E-state index contributed by atoms with van der Waals surface area (Å²) in [7, 11) is 1.59. The fourth-order valence-electron chi connectivity index (χ4n) is 1.62. The van der Waals surface area contributed by atoms with Crippen molar-refractivity contribution in [1.82, 2.24) is 4.98 Å². The number of thiazole rings is 1. The van der Waals surface area contributed by atoms with E-state index in [1.807, 2.05) is 23.9 Å².